The highest BCUT2D eigenvalue weighted by Gasteiger charge is 2.27. The molecule has 1 heterocycles. The molecule has 0 radical (unpaired) electrons. The molecule has 3 rings (SSSR count). The van der Waals surface area contributed by atoms with E-state index in [0.29, 0.717) is 36.8 Å². The zero-order chi connectivity index (χ0) is 21.9. The van der Waals surface area contributed by atoms with E-state index in [1.807, 2.05) is 57.2 Å². The van der Waals surface area contributed by atoms with Gasteiger partial charge in [0.2, 0.25) is 10.0 Å². The first-order valence-electron chi connectivity index (χ1n) is 10.0. The number of halogens is 1. The lowest BCUT2D eigenvalue weighted by atomic mass is 9.99. The number of piperazine rings is 1. The fourth-order valence-electron chi connectivity index (χ4n) is 3.93. The summed E-state index contributed by atoms with van der Waals surface area (Å²) in [4.78, 5) is 14.7. The number of anilines is 1. The van der Waals surface area contributed by atoms with Crippen molar-refractivity contribution in [1.29, 1.82) is 0 Å². The number of carbonyl (C=O) groups excluding carboxylic acids is 1. The molecule has 8 heteroatoms. The Morgan fingerprint density at radius 2 is 1.57 bits per heavy atom. The van der Waals surface area contributed by atoms with Gasteiger partial charge in [-0.15, -0.1) is 0 Å². The number of carbonyl (C=O) groups is 1. The maximum absolute atomic E-state index is 12.7. The van der Waals surface area contributed by atoms with Crippen LogP contribution in [-0.2, 0) is 10.0 Å². The first-order valence-corrected chi connectivity index (χ1v) is 12.0. The molecule has 1 aliphatic heterocycles. The SMILES string of the molecule is Cc1cc(C)c(C(=O)NCCS(=O)(=O)N2CCN(c3ccc(Cl)cc3)CC2)c(C)c1. The van der Waals surface area contributed by atoms with Gasteiger partial charge in [0, 0.05) is 49.0 Å². The van der Waals surface area contributed by atoms with E-state index in [1.54, 1.807) is 0 Å². The quantitative estimate of drug-likeness (QED) is 0.735. The summed E-state index contributed by atoms with van der Waals surface area (Å²) in [6.07, 6.45) is 0. The average molecular weight is 450 g/mol. The van der Waals surface area contributed by atoms with Crippen LogP contribution in [0, 0.1) is 20.8 Å². The summed E-state index contributed by atoms with van der Waals surface area (Å²) in [5, 5.41) is 3.45. The largest absolute Gasteiger partial charge is 0.369 e. The van der Waals surface area contributed by atoms with Crippen molar-refractivity contribution in [2.24, 2.45) is 0 Å². The minimum absolute atomic E-state index is 0.0886. The Bertz CT molecular complexity index is 991. The Morgan fingerprint density at radius 1 is 1.00 bits per heavy atom. The third kappa shape index (κ3) is 5.33. The highest BCUT2D eigenvalue weighted by atomic mass is 35.5. The van der Waals surface area contributed by atoms with Crippen molar-refractivity contribution in [2.45, 2.75) is 20.8 Å². The van der Waals surface area contributed by atoms with E-state index in [2.05, 4.69) is 10.2 Å². The van der Waals surface area contributed by atoms with Crippen LogP contribution in [0.1, 0.15) is 27.0 Å². The molecule has 1 amide bonds. The lowest BCUT2D eigenvalue weighted by molar-refractivity contribution is 0.0955. The normalized spacial score (nSPS) is 15.3. The molecule has 1 saturated heterocycles. The first-order chi connectivity index (χ1) is 14.2. The van der Waals surface area contributed by atoms with Crippen molar-refractivity contribution >= 4 is 33.2 Å². The lowest BCUT2D eigenvalue weighted by Gasteiger charge is -2.35. The van der Waals surface area contributed by atoms with Crippen LogP contribution in [-0.4, -0.2) is 57.1 Å². The average Bonchev–Trinajstić information content (AvgIpc) is 2.68. The van der Waals surface area contributed by atoms with Gasteiger partial charge in [-0.25, -0.2) is 8.42 Å². The number of amides is 1. The number of rotatable bonds is 6. The van der Waals surface area contributed by atoms with Crippen molar-refractivity contribution in [3.8, 4) is 0 Å². The zero-order valence-corrected chi connectivity index (χ0v) is 19.2. The number of aryl methyl sites for hydroxylation is 3. The lowest BCUT2D eigenvalue weighted by Crippen LogP contribution is -2.50. The predicted molar refractivity (Wildman–Crippen MR) is 122 cm³/mol. The van der Waals surface area contributed by atoms with E-state index < -0.39 is 10.0 Å². The molecule has 0 saturated carbocycles. The summed E-state index contributed by atoms with van der Waals surface area (Å²) in [5.41, 5.74) is 4.54. The number of hydrogen-bond donors (Lipinski definition) is 1. The summed E-state index contributed by atoms with van der Waals surface area (Å²) in [6.45, 7) is 7.96. The topological polar surface area (TPSA) is 69.7 Å². The van der Waals surface area contributed by atoms with Crippen molar-refractivity contribution < 1.29 is 13.2 Å². The van der Waals surface area contributed by atoms with Crippen LogP contribution in [0.3, 0.4) is 0 Å². The predicted octanol–water partition coefficient (Wildman–Crippen LogP) is 3.15. The van der Waals surface area contributed by atoms with E-state index in [9.17, 15) is 13.2 Å². The maximum Gasteiger partial charge on any atom is 0.251 e. The number of nitrogens with one attached hydrogen (secondary N) is 1. The van der Waals surface area contributed by atoms with Gasteiger partial charge in [0.05, 0.1) is 5.75 Å². The molecule has 0 aliphatic carbocycles. The summed E-state index contributed by atoms with van der Waals surface area (Å²) in [5.74, 6) is -0.336. The van der Waals surface area contributed by atoms with E-state index >= 15 is 0 Å². The number of benzene rings is 2. The standard InChI is InChI=1S/C22H28ClN3O3S/c1-16-14-17(2)21(18(3)15-16)22(27)24-8-13-30(28,29)26-11-9-25(10-12-26)20-6-4-19(23)5-7-20/h4-7,14-15H,8-13H2,1-3H3,(H,24,27). The molecule has 0 atom stereocenters. The van der Waals surface area contributed by atoms with E-state index in [-0.39, 0.29) is 18.2 Å². The van der Waals surface area contributed by atoms with Crippen molar-refractivity contribution in [3.05, 3.63) is 63.7 Å². The van der Waals surface area contributed by atoms with Crippen molar-refractivity contribution in [3.63, 3.8) is 0 Å². The Labute approximate surface area is 183 Å². The molecule has 1 aliphatic rings. The fourth-order valence-corrected chi connectivity index (χ4v) is 5.39. The second kappa shape index (κ2) is 9.37. The van der Waals surface area contributed by atoms with Gasteiger partial charge in [-0.05, 0) is 56.2 Å². The first kappa shape index (κ1) is 22.6. The Balaban J connectivity index is 1.52. The number of sulfonamides is 1. The molecule has 1 fully saturated rings. The Kier molecular flexibility index (Phi) is 7.06. The van der Waals surface area contributed by atoms with Crippen molar-refractivity contribution in [2.75, 3.05) is 43.4 Å². The van der Waals surface area contributed by atoms with Crippen LogP contribution in [0.25, 0.3) is 0 Å². The van der Waals surface area contributed by atoms with Gasteiger partial charge in [-0.2, -0.15) is 4.31 Å². The molecule has 2 aromatic carbocycles. The van der Waals surface area contributed by atoms with Gasteiger partial charge >= 0.3 is 0 Å². The zero-order valence-electron chi connectivity index (χ0n) is 17.6. The second-order valence-corrected chi connectivity index (χ2v) is 10.2. The fraction of sp³-hybridized carbons (Fsp3) is 0.409. The third-order valence-corrected chi connectivity index (χ3v) is 7.50. The molecule has 0 spiro atoms. The Hall–Kier alpha value is -2.09. The number of hydrogen-bond acceptors (Lipinski definition) is 4. The van der Waals surface area contributed by atoms with Crippen LogP contribution >= 0.6 is 11.6 Å². The summed E-state index contributed by atoms with van der Waals surface area (Å²) < 4.78 is 26.9. The number of nitrogens with zero attached hydrogens (tertiary/aromatic N) is 2. The second-order valence-electron chi connectivity index (χ2n) is 7.71. The van der Waals surface area contributed by atoms with Gasteiger partial charge in [0.15, 0.2) is 0 Å². The Morgan fingerprint density at radius 3 is 2.13 bits per heavy atom. The molecule has 2 aromatic rings. The van der Waals surface area contributed by atoms with E-state index in [0.717, 1.165) is 22.4 Å². The smallest absolute Gasteiger partial charge is 0.251 e. The molecular formula is C22H28ClN3O3S. The van der Waals surface area contributed by atoms with Gasteiger partial charge < -0.3 is 10.2 Å². The highest BCUT2D eigenvalue weighted by molar-refractivity contribution is 7.89. The molecule has 30 heavy (non-hydrogen) atoms. The summed E-state index contributed by atoms with van der Waals surface area (Å²) >= 11 is 5.93. The maximum atomic E-state index is 12.7. The molecular weight excluding hydrogens is 422 g/mol. The van der Waals surface area contributed by atoms with Crippen LogP contribution in [0.2, 0.25) is 5.02 Å². The van der Waals surface area contributed by atoms with Crippen LogP contribution in [0.4, 0.5) is 5.69 Å². The minimum Gasteiger partial charge on any atom is -0.369 e. The monoisotopic (exact) mass is 449 g/mol. The van der Waals surface area contributed by atoms with Crippen LogP contribution in [0.5, 0.6) is 0 Å². The molecule has 1 N–H and O–H groups in total. The van der Waals surface area contributed by atoms with Gasteiger partial charge in [0.25, 0.3) is 5.91 Å². The molecule has 0 bridgehead atoms. The van der Waals surface area contributed by atoms with E-state index in [1.165, 1.54) is 4.31 Å². The van der Waals surface area contributed by atoms with Crippen LogP contribution < -0.4 is 10.2 Å². The van der Waals surface area contributed by atoms with Gasteiger partial charge in [-0.3, -0.25) is 4.79 Å². The van der Waals surface area contributed by atoms with E-state index in [4.69, 9.17) is 11.6 Å². The van der Waals surface area contributed by atoms with Gasteiger partial charge in [0.1, 0.15) is 0 Å². The van der Waals surface area contributed by atoms with Crippen LogP contribution in [0.15, 0.2) is 36.4 Å². The minimum atomic E-state index is -3.43. The van der Waals surface area contributed by atoms with Crippen molar-refractivity contribution in [1.82, 2.24) is 9.62 Å². The van der Waals surface area contributed by atoms with Gasteiger partial charge in [-0.1, -0.05) is 29.3 Å². The molecule has 6 nitrogen and oxygen atoms in total. The molecule has 0 unspecified atom stereocenters. The third-order valence-electron chi connectivity index (χ3n) is 5.37. The highest BCUT2D eigenvalue weighted by Crippen LogP contribution is 2.20. The summed E-state index contributed by atoms with van der Waals surface area (Å²) in [6, 6.07) is 11.5. The summed E-state index contributed by atoms with van der Waals surface area (Å²) in [7, 11) is -3.43. The molecule has 0 aromatic heterocycles. The molecule has 162 valence electrons.